The molecule has 132 valence electrons. The molecule has 5 nitrogen and oxygen atoms in total. The zero-order chi connectivity index (χ0) is 17.2. The highest BCUT2D eigenvalue weighted by atomic mass is 32.1. The van der Waals surface area contributed by atoms with E-state index in [2.05, 4.69) is 40.0 Å². The van der Waals surface area contributed by atoms with E-state index in [4.69, 9.17) is 10.5 Å². The molecule has 0 radical (unpaired) electrons. The second-order valence-corrected chi connectivity index (χ2v) is 8.76. The first kappa shape index (κ1) is 16.9. The molecule has 0 amide bonds. The highest BCUT2D eigenvalue weighted by Gasteiger charge is 2.23. The molecule has 7 heteroatoms. The fourth-order valence-corrected chi connectivity index (χ4v) is 5.11. The van der Waals surface area contributed by atoms with Crippen LogP contribution in [0.2, 0.25) is 0 Å². The van der Waals surface area contributed by atoms with Gasteiger partial charge in [0.25, 0.3) is 0 Å². The van der Waals surface area contributed by atoms with Crippen molar-refractivity contribution in [3.05, 3.63) is 39.0 Å². The second-order valence-electron chi connectivity index (χ2n) is 6.62. The van der Waals surface area contributed by atoms with Gasteiger partial charge >= 0.3 is 0 Å². The Kier molecular flexibility index (Phi) is 4.98. The topological polar surface area (TPSA) is 73.1 Å². The largest absolute Gasteiger partial charge is 0.381 e. The number of thiophene rings is 2. The summed E-state index contributed by atoms with van der Waals surface area (Å²) in [6.45, 7) is 4.67. The lowest BCUT2D eigenvalue weighted by Gasteiger charge is -2.28. The first-order valence-corrected chi connectivity index (χ1v) is 10.2. The Bertz CT molecular complexity index is 842. The van der Waals surface area contributed by atoms with Crippen molar-refractivity contribution in [2.75, 3.05) is 18.5 Å². The van der Waals surface area contributed by atoms with Crippen LogP contribution in [0.5, 0.6) is 0 Å². The molecule has 1 aliphatic rings. The molecule has 1 atom stereocenters. The molecule has 0 unspecified atom stereocenters. The van der Waals surface area contributed by atoms with E-state index in [0.29, 0.717) is 5.92 Å². The van der Waals surface area contributed by atoms with Crippen LogP contribution < -0.4 is 11.1 Å². The third-order valence-corrected chi connectivity index (χ3v) is 6.84. The molecule has 1 aliphatic heterocycles. The predicted octanol–water partition coefficient (Wildman–Crippen LogP) is 3.58. The molecule has 3 aromatic heterocycles. The number of hydrogen-bond acceptors (Lipinski definition) is 7. The van der Waals surface area contributed by atoms with Crippen LogP contribution in [-0.2, 0) is 17.7 Å². The van der Waals surface area contributed by atoms with Gasteiger partial charge in [-0.05, 0) is 36.8 Å². The molecule has 0 aliphatic carbocycles. The number of nitrogens with one attached hydrogen (secondary N) is 1. The summed E-state index contributed by atoms with van der Waals surface area (Å²) in [5.41, 5.74) is 9.63. The lowest BCUT2D eigenvalue weighted by molar-refractivity contribution is -0.0381. The van der Waals surface area contributed by atoms with E-state index in [-0.39, 0.29) is 6.04 Å². The molecule has 0 aromatic carbocycles. The zero-order valence-electron chi connectivity index (χ0n) is 14.2. The summed E-state index contributed by atoms with van der Waals surface area (Å²) in [5.74, 6) is 0.632. The highest BCUT2D eigenvalue weighted by molar-refractivity contribution is 7.19. The van der Waals surface area contributed by atoms with E-state index >= 15 is 0 Å². The Balaban J connectivity index is 1.52. The molecule has 4 rings (SSSR count). The Hall–Kier alpha value is -1.54. The lowest BCUT2D eigenvalue weighted by atomic mass is 9.96. The van der Waals surface area contributed by atoms with E-state index in [9.17, 15) is 0 Å². The number of rotatable bonds is 7. The van der Waals surface area contributed by atoms with E-state index in [1.54, 1.807) is 22.7 Å². The van der Waals surface area contributed by atoms with Crippen molar-refractivity contribution in [1.82, 2.24) is 10.2 Å². The van der Waals surface area contributed by atoms with Crippen molar-refractivity contribution in [3.8, 4) is 0 Å². The maximum Gasteiger partial charge on any atom is 0.109 e. The predicted molar refractivity (Wildman–Crippen MR) is 104 cm³/mol. The maximum absolute atomic E-state index is 6.37. The summed E-state index contributed by atoms with van der Waals surface area (Å²) in [6.07, 6.45) is 3.75. The first-order valence-electron chi connectivity index (χ1n) is 8.54. The van der Waals surface area contributed by atoms with Crippen LogP contribution in [0.1, 0.15) is 21.7 Å². The number of hydrogen-bond donors (Lipinski definition) is 2. The fraction of sp³-hybridized carbons (Fsp3) is 0.444. The van der Waals surface area contributed by atoms with Gasteiger partial charge in [-0.25, -0.2) is 0 Å². The van der Waals surface area contributed by atoms with Crippen LogP contribution in [0.25, 0.3) is 10.2 Å². The third-order valence-electron chi connectivity index (χ3n) is 4.63. The van der Waals surface area contributed by atoms with Crippen molar-refractivity contribution in [1.29, 1.82) is 0 Å². The normalized spacial score (nSPS) is 16.1. The molecule has 3 N–H and O–H groups in total. The van der Waals surface area contributed by atoms with Crippen LogP contribution in [0, 0.1) is 12.8 Å². The van der Waals surface area contributed by atoms with E-state index in [1.807, 2.05) is 6.20 Å². The van der Waals surface area contributed by atoms with Gasteiger partial charge in [-0.3, -0.25) is 0 Å². The molecule has 0 saturated carbocycles. The van der Waals surface area contributed by atoms with E-state index in [0.717, 1.165) is 43.8 Å². The number of nitrogens with zero attached hydrogens (tertiary/aromatic N) is 2. The summed E-state index contributed by atoms with van der Waals surface area (Å²) in [4.78, 5) is 2.63. The monoisotopic (exact) mass is 374 g/mol. The second kappa shape index (κ2) is 7.37. The van der Waals surface area contributed by atoms with Gasteiger partial charge in [0.05, 0.1) is 29.8 Å². The summed E-state index contributed by atoms with van der Waals surface area (Å²) < 4.78 is 6.43. The van der Waals surface area contributed by atoms with Crippen LogP contribution in [-0.4, -0.2) is 29.5 Å². The fourth-order valence-electron chi connectivity index (χ4n) is 3.14. The van der Waals surface area contributed by atoms with Gasteiger partial charge in [-0.15, -0.1) is 27.8 Å². The molecule has 0 spiro atoms. The van der Waals surface area contributed by atoms with Crippen molar-refractivity contribution in [3.63, 3.8) is 0 Å². The van der Waals surface area contributed by atoms with Crippen molar-refractivity contribution < 1.29 is 4.74 Å². The molecule has 0 bridgehead atoms. The smallest absolute Gasteiger partial charge is 0.109 e. The van der Waals surface area contributed by atoms with Crippen LogP contribution in [0.3, 0.4) is 0 Å². The number of nitrogens with two attached hydrogens (primary N) is 1. The zero-order valence-corrected chi connectivity index (χ0v) is 15.8. The number of anilines is 1. The summed E-state index contributed by atoms with van der Waals surface area (Å²) >= 11 is 3.55. The van der Waals surface area contributed by atoms with E-state index in [1.165, 1.54) is 20.0 Å². The number of aryl methyl sites for hydroxylation is 1. The summed E-state index contributed by atoms with van der Waals surface area (Å²) in [7, 11) is 0. The average molecular weight is 375 g/mol. The van der Waals surface area contributed by atoms with Crippen molar-refractivity contribution in [2.45, 2.75) is 32.4 Å². The Morgan fingerprint density at radius 3 is 3.04 bits per heavy atom. The minimum Gasteiger partial charge on any atom is -0.381 e. The lowest BCUT2D eigenvalue weighted by Crippen LogP contribution is -2.35. The highest BCUT2D eigenvalue weighted by Crippen LogP contribution is 2.35. The molecule has 25 heavy (non-hydrogen) atoms. The maximum atomic E-state index is 6.37. The minimum atomic E-state index is 0.177. The molecular formula is C18H22N4OS2. The van der Waals surface area contributed by atoms with Gasteiger partial charge in [0.1, 0.15) is 5.52 Å². The van der Waals surface area contributed by atoms with Gasteiger partial charge in [0, 0.05) is 28.3 Å². The number of fused-ring (bicyclic) bond motifs is 1. The minimum absolute atomic E-state index is 0.177. The van der Waals surface area contributed by atoms with Crippen molar-refractivity contribution in [2.24, 2.45) is 11.7 Å². The summed E-state index contributed by atoms with van der Waals surface area (Å²) in [5, 5.41) is 14.2. The molecular weight excluding hydrogens is 352 g/mol. The van der Waals surface area contributed by atoms with Crippen LogP contribution >= 0.6 is 22.7 Å². The van der Waals surface area contributed by atoms with Crippen molar-refractivity contribution >= 4 is 38.6 Å². The van der Waals surface area contributed by atoms with Gasteiger partial charge in [0.2, 0.25) is 0 Å². The Labute approximate surface area is 155 Å². The van der Waals surface area contributed by atoms with Crippen LogP contribution in [0.15, 0.2) is 23.7 Å². The van der Waals surface area contributed by atoms with Crippen LogP contribution in [0.4, 0.5) is 5.69 Å². The first-order chi connectivity index (χ1) is 12.2. The Morgan fingerprint density at radius 1 is 1.44 bits per heavy atom. The Morgan fingerprint density at radius 2 is 2.32 bits per heavy atom. The SMILES string of the molecule is Cc1c(C[C@H](N)CC2COC2)sc2c(NCc3cccs3)cnnc12. The van der Waals surface area contributed by atoms with Gasteiger partial charge in [-0.1, -0.05) is 6.07 Å². The average Bonchev–Trinajstić information content (AvgIpc) is 3.19. The molecule has 1 fully saturated rings. The number of ether oxygens (including phenoxy) is 1. The summed E-state index contributed by atoms with van der Waals surface area (Å²) in [6, 6.07) is 4.39. The van der Waals surface area contributed by atoms with Gasteiger partial charge < -0.3 is 15.8 Å². The third kappa shape index (κ3) is 3.69. The quantitative estimate of drug-likeness (QED) is 0.661. The van der Waals surface area contributed by atoms with E-state index < -0.39 is 0 Å². The number of aromatic nitrogens is 2. The molecule has 4 heterocycles. The van der Waals surface area contributed by atoms with Gasteiger partial charge in [-0.2, -0.15) is 5.10 Å². The van der Waals surface area contributed by atoms with Gasteiger partial charge in [0.15, 0.2) is 0 Å². The molecule has 1 saturated heterocycles. The molecule has 3 aromatic rings. The standard InChI is InChI=1S/C18H22N4OS2/c1-11-16(6-13(19)5-12-9-23-10-12)25-18-15(8-21-22-17(11)18)20-7-14-3-2-4-24-14/h2-4,8,12-13H,5-7,9-10,19H2,1H3,(H,20,22)/t13-/m1/s1.